The van der Waals surface area contributed by atoms with Gasteiger partial charge in [0.25, 0.3) is 0 Å². The number of benzene rings is 3. The first-order chi connectivity index (χ1) is 20.2. The third-order valence-electron chi connectivity index (χ3n) is 7.09. The minimum absolute atomic E-state index is 0.0787. The summed E-state index contributed by atoms with van der Waals surface area (Å²) < 4.78 is 32.1. The molecule has 0 bridgehead atoms. The molecule has 0 aliphatic heterocycles. The molecule has 9 heteroatoms. The molecule has 0 saturated carbocycles. The van der Waals surface area contributed by atoms with Crippen molar-refractivity contribution in [1.29, 1.82) is 0 Å². The van der Waals surface area contributed by atoms with E-state index in [0.717, 1.165) is 29.5 Å². The lowest BCUT2D eigenvalue weighted by molar-refractivity contribution is -0.141. The summed E-state index contributed by atoms with van der Waals surface area (Å²) in [5.74, 6) is 0.221. The summed E-state index contributed by atoms with van der Waals surface area (Å²) in [5, 5.41) is 2.98. The second kappa shape index (κ2) is 16.0. The number of nitrogens with one attached hydrogen (secondary N) is 1. The van der Waals surface area contributed by atoms with Gasteiger partial charge in [0, 0.05) is 32.5 Å². The Bertz CT molecular complexity index is 1390. The predicted molar refractivity (Wildman–Crippen MR) is 168 cm³/mol. The molecule has 3 rings (SSSR count). The number of rotatable bonds is 16. The van der Waals surface area contributed by atoms with E-state index < -0.39 is 16.1 Å². The minimum Gasteiger partial charge on any atom is -0.497 e. The summed E-state index contributed by atoms with van der Waals surface area (Å²) in [6.45, 7) is 4.88. The van der Waals surface area contributed by atoms with Crippen LogP contribution in [0, 0.1) is 0 Å². The Labute approximate surface area is 250 Å². The van der Waals surface area contributed by atoms with Crippen molar-refractivity contribution in [3.63, 3.8) is 0 Å². The number of ether oxygens (including phenoxy) is 1. The van der Waals surface area contributed by atoms with Crippen molar-refractivity contribution in [2.45, 2.75) is 58.5 Å². The molecule has 3 aromatic carbocycles. The Balaban J connectivity index is 1.87. The maximum Gasteiger partial charge on any atom is 0.243 e. The summed E-state index contributed by atoms with van der Waals surface area (Å²) in [7, 11) is -1.98. The summed E-state index contributed by atoms with van der Waals surface area (Å²) in [5.41, 5.74) is 3.45. The van der Waals surface area contributed by atoms with Crippen LogP contribution in [0.2, 0.25) is 0 Å². The number of anilines is 1. The first-order valence-electron chi connectivity index (χ1n) is 14.5. The highest BCUT2D eigenvalue weighted by atomic mass is 32.2. The van der Waals surface area contributed by atoms with Gasteiger partial charge in [-0.2, -0.15) is 0 Å². The fourth-order valence-corrected chi connectivity index (χ4v) is 5.75. The van der Waals surface area contributed by atoms with Crippen molar-refractivity contribution < 1.29 is 22.7 Å². The van der Waals surface area contributed by atoms with Gasteiger partial charge in [-0.25, -0.2) is 8.42 Å². The molecule has 42 heavy (non-hydrogen) atoms. The first-order valence-corrected chi connectivity index (χ1v) is 16.3. The number of hydrogen-bond acceptors (Lipinski definition) is 5. The van der Waals surface area contributed by atoms with E-state index in [4.69, 9.17) is 4.74 Å². The smallest absolute Gasteiger partial charge is 0.243 e. The van der Waals surface area contributed by atoms with Crippen LogP contribution in [0.1, 0.15) is 49.8 Å². The topological polar surface area (TPSA) is 96.0 Å². The maximum absolute atomic E-state index is 13.9. The van der Waals surface area contributed by atoms with Crippen molar-refractivity contribution in [3.8, 4) is 5.75 Å². The molecule has 0 radical (unpaired) electrons. The highest BCUT2D eigenvalue weighted by molar-refractivity contribution is 7.92. The number of carbonyl (C=O) groups excluding carboxylic acids is 2. The second-order valence-electron chi connectivity index (χ2n) is 10.3. The first kappa shape index (κ1) is 32.7. The van der Waals surface area contributed by atoms with E-state index in [-0.39, 0.29) is 31.3 Å². The van der Waals surface area contributed by atoms with Gasteiger partial charge in [0.2, 0.25) is 21.8 Å². The summed E-state index contributed by atoms with van der Waals surface area (Å²) in [6.07, 6.45) is 3.53. The van der Waals surface area contributed by atoms with Gasteiger partial charge in [0.1, 0.15) is 11.8 Å². The van der Waals surface area contributed by atoms with Gasteiger partial charge in [0.15, 0.2) is 0 Å². The minimum atomic E-state index is -3.56. The van der Waals surface area contributed by atoms with Crippen LogP contribution in [-0.4, -0.2) is 57.6 Å². The van der Waals surface area contributed by atoms with Crippen molar-refractivity contribution in [1.82, 2.24) is 10.2 Å². The van der Waals surface area contributed by atoms with Crippen LogP contribution in [0.3, 0.4) is 0 Å². The lowest BCUT2D eigenvalue weighted by atomic mass is 10.0. The molecule has 2 amide bonds. The van der Waals surface area contributed by atoms with Crippen molar-refractivity contribution in [2.75, 3.05) is 30.8 Å². The fourth-order valence-electron chi connectivity index (χ4n) is 4.79. The molecule has 3 aromatic rings. The molecule has 0 fully saturated rings. The van der Waals surface area contributed by atoms with Crippen molar-refractivity contribution in [3.05, 3.63) is 95.6 Å². The van der Waals surface area contributed by atoms with E-state index in [1.54, 1.807) is 24.1 Å². The number of aryl methyl sites for hydroxylation is 1. The van der Waals surface area contributed by atoms with Gasteiger partial charge in [-0.05, 0) is 60.2 Å². The van der Waals surface area contributed by atoms with E-state index in [1.807, 2.05) is 80.6 Å². The molecule has 0 aliphatic rings. The average molecular weight is 594 g/mol. The van der Waals surface area contributed by atoms with E-state index in [2.05, 4.69) is 5.32 Å². The number of nitrogens with zero attached hydrogens (tertiary/aromatic N) is 2. The van der Waals surface area contributed by atoms with E-state index >= 15 is 0 Å². The molecular weight excluding hydrogens is 550 g/mol. The van der Waals surface area contributed by atoms with Crippen molar-refractivity contribution >= 4 is 27.5 Å². The highest BCUT2D eigenvalue weighted by Crippen LogP contribution is 2.22. The molecule has 0 spiro atoms. The van der Waals surface area contributed by atoms with Gasteiger partial charge in [-0.3, -0.25) is 13.9 Å². The lowest BCUT2D eigenvalue weighted by Crippen LogP contribution is -2.50. The summed E-state index contributed by atoms with van der Waals surface area (Å²) >= 11 is 0. The van der Waals surface area contributed by atoms with Crippen LogP contribution in [0.4, 0.5) is 5.69 Å². The Hall–Kier alpha value is -3.85. The third-order valence-corrected chi connectivity index (χ3v) is 8.29. The molecule has 8 nitrogen and oxygen atoms in total. The van der Waals surface area contributed by atoms with Gasteiger partial charge in [0.05, 0.1) is 19.1 Å². The van der Waals surface area contributed by atoms with E-state index in [0.29, 0.717) is 30.8 Å². The zero-order valence-electron chi connectivity index (χ0n) is 25.1. The summed E-state index contributed by atoms with van der Waals surface area (Å²) in [6, 6.07) is 23.8. The van der Waals surface area contributed by atoms with E-state index in [1.165, 1.54) is 10.6 Å². The Morgan fingerprint density at radius 1 is 0.905 bits per heavy atom. The molecule has 1 N–H and O–H groups in total. The highest BCUT2D eigenvalue weighted by Gasteiger charge is 2.30. The Morgan fingerprint density at radius 2 is 1.60 bits per heavy atom. The molecular formula is C33H43N3O5S. The normalized spacial score (nSPS) is 11.9. The zero-order chi connectivity index (χ0) is 30.5. The largest absolute Gasteiger partial charge is 0.497 e. The Kier molecular flexibility index (Phi) is 12.4. The zero-order valence-corrected chi connectivity index (χ0v) is 25.9. The SMILES string of the molecule is CCCNC(=O)[C@@H](Cc1ccccc1)N(Cc1cccc(OC)c1)C(=O)CCCN(c1ccc(CC)cc1)S(C)(=O)=O. The van der Waals surface area contributed by atoms with Crippen LogP contribution >= 0.6 is 0 Å². The van der Waals surface area contributed by atoms with Crippen LogP contribution in [0.25, 0.3) is 0 Å². The number of sulfonamides is 1. The molecule has 0 saturated heterocycles. The molecule has 0 heterocycles. The van der Waals surface area contributed by atoms with Gasteiger partial charge in [-0.15, -0.1) is 0 Å². The number of methoxy groups -OCH3 is 1. The fraction of sp³-hybridized carbons (Fsp3) is 0.394. The van der Waals surface area contributed by atoms with Gasteiger partial charge >= 0.3 is 0 Å². The third kappa shape index (κ3) is 9.62. The Morgan fingerprint density at radius 3 is 2.21 bits per heavy atom. The van der Waals surface area contributed by atoms with Crippen molar-refractivity contribution in [2.24, 2.45) is 0 Å². The standard InChI is InChI=1S/C33H43N3O5S/c1-5-21-34-33(38)31(24-27-12-8-7-9-13-27)35(25-28-14-10-15-30(23-28)41-3)32(37)16-11-22-36(42(4,39)40)29-19-17-26(6-2)18-20-29/h7-10,12-15,17-20,23,31H,5-6,11,16,21-22,24-25H2,1-4H3,(H,34,38)/t31-/m1/s1. The number of amides is 2. The quantitative estimate of drug-likeness (QED) is 0.253. The van der Waals surface area contributed by atoms with E-state index in [9.17, 15) is 18.0 Å². The van der Waals surface area contributed by atoms with Gasteiger partial charge < -0.3 is 15.0 Å². The predicted octanol–water partition coefficient (Wildman–Crippen LogP) is 4.97. The lowest BCUT2D eigenvalue weighted by Gasteiger charge is -2.32. The maximum atomic E-state index is 13.9. The number of hydrogen-bond donors (Lipinski definition) is 1. The molecule has 0 aromatic heterocycles. The van der Waals surface area contributed by atoms with Crippen LogP contribution < -0.4 is 14.4 Å². The second-order valence-corrected chi connectivity index (χ2v) is 12.2. The van der Waals surface area contributed by atoms with Crippen LogP contribution in [0.5, 0.6) is 5.75 Å². The molecule has 1 atom stereocenters. The molecule has 0 unspecified atom stereocenters. The molecule has 0 aliphatic carbocycles. The van der Waals surface area contributed by atoms with Gasteiger partial charge in [-0.1, -0.05) is 68.4 Å². The summed E-state index contributed by atoms with van der Waals surface area (Å²) in [4.78, 5) is 29.0. The molecule has 226 valence electrons. The van der Waals surface area contributed by atoms with Crippen LogP contribution in [0.15, 0.2) is 78.9 Å². The average Bonchev–Trinajstić information content (AvgIpc) is 2.99. The number of carbonyl (C=O) groups is 2. The monoisotopic (exact) mass is 593 g/mol. The van der Waals surface area contributed by atoms with Crippen LogP contribution in [-0.2, 0) is 39.0 Å².